The Morgan fingerprint density at radius 3 is 3.25 bits per heavy atom. The van der Waals surface area contributed by atoms with Gasteiger partial charge in [-0.05, 0) is 23.0 Å². The van der Waals surface area contributed by atoms with Crippen molar-refractivity contribution in [2.75, 3.05) is 5.75 Å². The van der Waals surface area contributed by atoms with Gasteiger partial charge < -0.3 is 0 Å². The molecule has 1 aliphatic rings. The summed E-state index contributed by atoms with van der Waals surface area (Å²) in [6, 6.07) is 0. The van der Waals surface area contributed by atoms with Crippen LogP contribution in [0.3, 0.4) is 0 Å². The Labute approximate surface area is 59.1 Å². The van der Waals surface area contributed by atoms with Crippen molar-refractivity contribution < 1.29 is 0 Å². The maximum Gasteiger partial charge on any atom is 0.00682 e. The fraction of sp³-hybridized carbons (Fsp3) is 0.667. The summed E-state index contributed by atoms with van der Waals surface area (Å²) in [5.74, 6) is 1.30. The number of rotatable bonds is 0. The lowest BCUT2D eigenvalue weighted by atomic mass is 10.4. The molecule has 46 valence electrons. The molecular weight excluding hydrogens is 136 g/mol. The number of hydrogen-bond donors (Lipinski definition) is 0. The lowest BCUT2D eigenvalue weighted by Crippen LogP contribution is -1.93. The van der Waals surface area contributed by atoms with Gasteiger partial charge in [0.1, 0.15) is 0 Å². The molecule has 0 saturated heterocycles. The van der Waals surface area contributed by atoms with Gasteiger partial charge >= 0.3 is 0 Å². The highest BCUT2D eigenvalue weighted by molar-refractivity contribution is 8.06. The molecule has 0 aromatic heterocycles. The smallest absolute Gasteiger partial charge is 0.00682 e. The van der Waals surface area contributed by atoms with E-state index in [4.69, 9.17) is 0 Å². The zero-order valence-electron chi connectivity index (χ0n) is 4.96. The summed E-state index contributed by atoms with van der Waals surface area (Å²) in [5, 5.41) is 5.22. The lowest BCUT2D eigenvalue weighted by Gasteiger charge is -2.01. The van der Waals surface area contributed by atoms with E-state index in [0.29, 0.717) is 0 Å². The Balaban J connectivity index is 2.30. The van der Waals surface area contributed by atoms with E-state index in [9.17, 15) is 0 Å². The van der Waals surface area contributed by atoms with Gasteiger partial charge in [-0.15, -0.1) is 23.5 Å². The summed E-state index contributed by atoms with van der Waals surface area (Å²) in [6.07, 6.45) is 1.35. The minimum atomic E-state index is 0.834. The van der Waals surface area contributed by atoms with Crippen molar-refractivity contribution in [3.63, 3.8) is 0 Å². The van der Waals surface area contributed by atoms with Crippen molar-refractivity contribution in [1.29, 1.82) is 0 Å². The van der Waals surface area contributed by atoms with E-state index in [1.54, 1.807) is 0 Å². The molecule has 0 amide bonds. The van der Waals surface area contributed by atoms with Gasteiger partial charge in [0.15, 0.2) is 0 Å². The highest BCUT2D eigenvalue weighted by Gasteiger charge is 2.01. The van der Waals surface area contributed by atoms with Gasteiger partial charge in [-0.25, -0.2) is 0 Å². The Kier molecular flexibility index (Phi) is 2.84. The average molecular weight is 146 g/mol. The normalized spacial score (nSPS) is 29.9. The molecule has 0 fully saturated rings. The molecule has 0 aromatic carbocycles. The van der Waals surface area contributed by atoms with Crippen LogP contribution >= 0.6 is 23.5 Å². The largest absolute Gasteiger partial charge is 0.134 e. The van der Waals surface area contributed by atoms with Crippen molar-refractivity contribution in [2.45, 2.75) is 18.6 Å². The van der Waals surface area contributed by atoms with Crippen LogP contribution in [0.25, 0.3) is 0 Å². The molecule has 1 heterocycles. The Morgan fingerprint density at radius 1 is 1.50 bits per heavy atom. The predicted molar refractivity (Wildman–Crippen MR) is 43.3 cm³/mol. The van der Waals surface area contributed by atoms with Gasteiger partial charge in [0.2, 0.25) is 0 Å². The van der Waals surface area contributed by atoms with Crippen LogP contribution in [0.15, 0.2) is 10.8 Å². The third kappa shape index (κ3) is 2.14. The van der Waals surface area contributed by atoms with E-state index in [2.05, 4.69) is 17.7 Å². The van der Waals surface area contributed by atoms with Crippen LogP contribution in [0.5, 0.6) is 0 Å². The molecule has 0 N–H and O–H groups in total. The van der Waals surface area contributed by atoms with Gasteiger partial charge in [0.25, 0.3) is 0 Å². The topological polar surface area (TPSA) is 0 Å². The van der Waals surface area contributed by atoms with Crippen LogP contribution < -0.4 is 0 Å². The predicted octanol–water partition coefficient (Wildman–Crippen LogP) is 2.72. The van der Waals surface area contributed by atoms with E-state index >= 15 is 0 Å². The first kappa shape index (κ1) is 6.56. The van der Waals surface area contributed by atoms with Crippen molar-refractivity contribution in [3.8, 4) is 0 Å². The summed E-state index contributed by atoms with van der Waals surface area (Å²) < 4.78 is 0. The fourth-order valence-electron chi connectivity index (χ4n) is 0.576. The van der Waals surface area contributed by atoms with Crippen LogP contribution in [0.4, 0.5) is 0 Å². The highest BCUT2D eigenvalue weighted by Crippen LogP contribution is 2.23. The van der Waals surface area contributed by atoms with Crippen molar-refractivity contribution in [2.24, 2.45) is 0 Å². The van der Waals surface area contributed by atoms with Gasteiger partial charge in [0.05, 0.1) is 0 Å². The third-order valence-corrected chi connectivity index (χ3v) is 3.07. The maximum atomic E-state index is 2.28. The standard InChI is InChI=1S/C6H10S2/c1-6-2-3-7-4-5-8-6/h4-6H,2-3H2,1H3. The number of hydrogen-bond acceptors (Lipinski definition) is 2. The second-order valence-electron chi connectivity index (χ2n) is 1.88. The lowest BCUT2D eigenvalue weighted by molar-refractivity contribution is 0.924. The summed E-state index contributed by atoms with van der Waals surface area (Å²) in [5.41, 5.74) is 0. The Bertz CT molecular complexity index is 88.5. The molecule has 0 saturated carbocycles. The second kappa shape index (κ2) is 3.46. The SMILES string of the molecule is CC1CCSC=CS1. The molecular formula is C6H10S2. The van der Waals surface area contributed by atoms with Crippen LogP contribution in [0.1, 0.15) is 13.3 Å². The monoisotopic (exact) mass is 146 g/mol. The van der Waals surface area contributed by atoms with Crippen LogP contribution in [0, 0.1) is 0 Å². The van der Waals surface area contributed by atoms with E-state index in [1.165, 1.54) is 12.2 Å². The highest BCUT2D eigenvalue weighted by atomic mass is 32.2. The molecule has 0 bridgehead atoms. The first-order chi connectivity index (χ1) is 3.89. The maximum absolute atomic E-state index is 2.28. The molecule has 0 radical (unpaired) electrons. The Morgan fingerprint density at radius 2 is 2.38 bits per heavy atom. The van der Waals surface area contributed by atoms with Gasteiger partial charge in [-0.3, -0.25) is 0 Å². The molecule has 2 heteroatoms. The summed E-state index contributed by atoms with van der Waals surface area (Å²) in [4.78, 5) is 0. The quantitative estimate of drug-likeness (QED) is 0.515. The van der Waals surface area contributed by atoms with Crippen LogP contribution in [-0.2, 0) is 0 Å². The van der Waals surface area contributed by atoms with Crippen LogP contribution in [-0.4, -0.2) is 11.0 Å². The molecule has 1 aliphatic heterocycles. The summed E-state index contributed by atoms with van der Waals surface area (Å²) >= 11 is 3.86. The molecule has 8 heavy (non-hydrogen) atoms. The van der Waals surface area contributed by atoms with E-state index in [0.717, 1.165) is 5.25 Å². The first-order valence-electron chi connectivity index (χ1n) is 2.81. The summed E-state index contributed by atoms with van der Waals surface area (Å²) in [7, 11) is 0. The van der Waals surface area contributed by atoms with Crippen molar-refractivity contribution in [1.82, 2.24) is 0 Å². The zero-order chi connectivity index (χ0) is 5.82. The molecule has 0 nitrogen and oxygen atoms in total. The minimum Gasteiger partial charge on any atom is -0.134 e. The molecule has 0 aliphatic carbocycles. The Hall–Kier alpha value is 0.440. The molecule has 0 spiro atoms. The number of thioether (sulfide) groups is 2. The molecule has 1 unspecified atom stereocenters. The fourth-order valence-corrected chi connectivity index (χ4v) is 2.44. The zero-order valence-corrected chi connectivity index (χ0v) is 6.60. The molecule has 0 aromatic rings. The minimum absolute atomic E-state index is 0.834. The molecule has 1 rings (SSSR count). The van der Waals surface area contributed by atoms with Gasteiger partial charge in [-0.1, -0.05) is 6.92 Å². The van der Waals surface area contributed by atoms with E-state index < -0.39 is 0 Å². The van der Waals surface area contributed by atoms with Gasteiger partial charge in [-0.2, -0.15) is 0 Å². The second-order valence-corrected chi connectivity index (χ2v) is 4.24. The summed E-state index contributed by atoms with van der Waals surface area (Å²) in [6.45, 7) is 2.28. The average Bonchev–Trinajstić information content (AvgIpc) is 1.94. The van der Waals surface area contributed by atoms with Crippen LogP contribution in [0.2, 0.25) is 0 Å². The molecule has 1 atom stereocenters. The van der Waals surface area contributed by atoms with Gasteiger partial charge in [0, 0.05) is 5.25 Å². The first-order valence-corrected chi connectivity index (χ1v) is 4.81. The van der Waals surface area contributed by atoms with E-state index in [1.807, 2.05) is 23.5 Å². The van der Waals surface area contributed by atoms with E-state index in [-0.39, 0.29) is 0 Å². The van der Waals surface area contributed by atoms with Crippen molar-refractivity contribution >= 4 is 23.5 Å². The van der Waals surface area contributed by atoms with Crippen molar-refractivity contribution in [3.05, 3.63) is 10.8 Å². The third-order valence-electron chi connectivity index (χ3n) is 1.10.